The molecule has 1 aromatic carbocycles. The molecule has 1 aliphatic rings. The van der Waals surface area contributed by atoms with E-state index < -0.39 is 13.6 Å². The van der Waals surface area contributed by atoms with Crippen molar-refractivity contribution in [2.24, 2.45) is 5.73 Å². The third kappa shape index (κ3) is 12.5. The number of nitrogens with one attached hydrogen (secondary N) is 1. The van der Waals surface area contributed by atoms with Gasteiger partial charge in [0.1, 0.15) is 23.7 Å². The number of rotatable bonds is 22. The minimum Gasteiger partial charge on any atom is -0.423 e. The van der Waals surface area contributed by atoms with E-state index in [1.807, 2.05) is 12.1 Å². The van der Waals surface area contributed by atoms with Crippen LogP contribution in [-0.2, 0) is 31.6 Å². The Kier molecular flexibility index (Phi) is 15.4. The van der Waals surface area contributed by atoms with Gasteiger partial charge in [0.05, 0.1) is 25.5 Å². The highest BCUT2D eigenvalue weighted by Gasteiger charge is 2.35. The zero-order valence-electron chi connectivity index (χ0n) is 28.0. The molecule has 0 bridgehead atoms. The van der Waals surface area contributed by atoms with Crippen molar-refractivity contribution >= 4 is 30.5 Å². The van der Waals surface area contributed by atoms with Crippen LogP contribution in [0.25, 0.3) is 11.2 Å². The lowest BCUT2D eigenvalue weighted by molar-refractivity contribution is -0.122. The molecule has 1 unspecified atom stereocenters. The fraction of sp³-hybridized carbons (Fsp3) is 0.647. The van der Waals surface area contributed by atoms with Gasteiger partial charge in [0, 0.05) is 6.54 Å². The second-order valence-corrected chi connectivity index (χ2v) is 14.5. The Labute approximate surface area is 279 Å². The number of imidazole rings is 1. The molecule has 12 nitrogen and oxygen atoms in total. The van der Waals surface area contributed by atoms with Crippen LogP contribution in [0.1, 0.15) is 102 Å². The van der Waals surface area contributed by atoms with Crippen molar-refractivity contribution in [3.63, 3.8) is 0 Å². The van der Waals surface area contributed by atoms with Gasteiger partial charge >= 0.3 is 7.60 Å². The Morgan fingerprint density at radius 1 is 0.979 bits per heavy atom. The Morgan fingerprint density at radius 2 is 1.62 bits per heavy atom. The highest BCUT2D eigenvalue weighted by Crippen LogP contribution is 2.51. The van der Waals surface area contributed by atoms with Crippen molar-refractivity contribution < 1.29 is 23.1 Å². The molecule has 3 aromatic rings. The minimum absolute atomic E-state index is 0.0823. The molecule has 4 rings (SSSR count). The molecule has 0 spiro atoms. The molecule has 1 amide bonds. The van der Waals surface area contributed by atoms with Crippen LogP contribution in [0.2, 0.25) is 0 Å². The molecule has 0 radical (unpaired) electrons. The predicted octanol–water partition coefficient (Wildman–Crippen LogP) is 6.52. The lowest BCUT2D eigenvalue weighted by Gasteiger charge is -2.29. The fourth-order valence-corrected chi connectivity index (χ4v) is 7.15. The first-order valence-electron chi connectivity index (χ1n) is 17.4. The number of nitrogens with zero attached hydrogens (tertiary/aromatic N) is 4. The van der Waals surface area contributed by atoms with Crippen LogP contribution in [0.4, 0.5) is 5.82 Å². The van der Waals surface area contributed by atoms with Crippen LogP contribution in [0, 0.1) is 0 Å². The van der Waals surface area contributed by atoms with E-state index in [-0.39, 0.29) is 25.0 Å². The summed E-state index contributed by atoms with van der Waals surface area (Å²) in [5.41, 5.74) is 14.0. The second kappa shape index (κ2) is 19.7. The number of carbonyl (C=O) groups excluding carboxylic acids is 1. The summed E-state index contributed by atoms with van der Waals surface area (Å²) < 4.78 is 32.1. The van der Waals surface area contributed by atoms with Crippen LogP contribution in [-0.4, -0.2) is 57.1 Å². The fourth-order valence-electron chi connectivity index (χ4n) is 5.74. The van der Waals surface area contributed by atoms with Crippen molar-refractivity contribution in [3.8, 4) is 5.75 Å². The summed E-state index contributed by atoms with van der Waals surface area (Å²) in [6, 6.07) is 6.38. The third-order valence-corrected chi connectivity index (χ3v) is 10.0. The van der Waals surface area contributed by atoms with E-state index in [9.17, 15) is 9.36 Å². The molecule has 5 N–H and O–H groups in total. The van der Waals surface area contributed by atoms with Crippen LogP contribution >= 0.6 is 7.60 Å². The molecule has 260 valence electrons. The number of aromatic nitrogens is 4. The number of amides is 1. The Bertz CT molecular complexity index is 1390. The van der Waals surface area contributed by atoms with Gasteiger partial charge in [-0.15, -0.1) is 0 Å². The standard InChI is InChI=1S/C34H54N7O5P/c1-2-3-4-5-6-7-8-9-10-11-12-13-14-15-20-37-34(42)30(35)21-27-16-18-28(19-17-27)46-47(43)26-44-29(23-45-47)22-41-25-40-31-32(36)38-24-39-33(31)41/h16-19,24-25,29-30H,2-15,20-23,26,35H2,1H3,(H,37,42)(H2,36,38,39)/t29-,30-,47?/m0/s1. The summed E-state index contributed by atoms with van der Waals surface area (Å²) in [5.74, 6) is 0.549. The van der Waals surface area contributed by atoms with Crippen molar-refractivity contribution in [1.82, 2.24) is 24.8 Å². The number of nitrogen functional groups attached to an aromatic ring is 1. The maximum Gasteiger partial charge on any atom is 0.404 e. The number of carbonyl (C=O) groups is 1. The number of nitrogens with two attached hydrogens (primary N) is 2. The molecule has 3 atom stereocenters. The van der Waals surface area contributed by atoms with E-state index in [0.29, 0.717) is 42.2 Å². The topological polar surface area (TPSA) is 169 Å². The normalized spacial score (nSPS) is 18.7. The summed E-state index contributed by atoms with van der Waals surface area (Å²) in [6.07, 6.45) is 21.1. The molecule has 1 fully saturated rings. The second-order valence-electron chi connectivity index (χ2n) is 12.6. The first kappa shape index (κ1) is 36.8. The third-order valence-electron chi connectivity index (χ3n) is 8.55. The lowest BCUT2D eigenvalue weighted by atomic mass is 10.0. The van der Waals surface area contributed by atoms with Gasteiger partial charge in [0.15, 0.2) is 17.8 Å². The van der Waals surface area contributed by atoms with Crippen LogP contribution < -0.4 is 21.3 Å². The van der Waals surface area contributed by atoms with Gasteiger partial charge in [-0.1, -0.05) is 103 Å². The summed E-state index contributed by atoms with van der Waals surface area (Å²) in [4.78, 5) is 24.9. The average Bonchev–Trinajstić information content (AvgIpc) is 3.48. The van der Waals surface area contributed by atoms with E-state index in [0.717, 1.165) is 18.4 Å². The van der Waals surface area contributed by atoms with Gasteiger partial charge in [-0.2, -0.15) is 0 Å². The zero-order chi connectivity index (χ0) is 33.3. The molecule has 1 aliphatic heterocycles. The molecule has 0 saturated carbocycles. The van der Waals surface area contributed by atoms with Gasteiger partial charge in [-0.05, 0) is 30.5 Å². The largest absolute Gasteiger partial charge is 0.423 e. The monoisotopic (exact) mass is 671 g/mol. The number of ether oxygens (including phenoxy) is 1. The molecule has 3 heterocycles. The van der Waals surface area contributed by atoms with Gasteiger partial charge in [-0.25, -0.2) is 19.5 Å². The lowest BCUT2D eigenvalue weighted by Crippen LogP contribution is -2.42. The number of hydrogen-bond donors (Lipinski definition) is 3. The maximum absolute atomic E-state index is 13.1. The van der Waals surface area contributed by atoms with Gasteiger partial charge in [-0.3, -0.25) is 9.32 Å². The Hall–Kier alpha value is -3.05. The van der Waals surface area contributed by atoms with E-state index in [4.69, 9.17) is 25.3 Å². The van der Waals surface area contributed by atoms with Crippen molar-refractivity contribution in [2.75, 3.05) is 25.2 Å². The smallest absolute Gasteiger partial charge is 0.404 e. The van der Waals surface area contributed by atoms with Crippen molar-refractivity contribution in [1.29, 1.82) is 0 Å². The van der Waals surface area contributed by atoms with Crippen LogP contribution in [0.5, 0.6) is 5.75 Å². The van der Waals surface area contributed by atoms with Gasteiger partial charge in [0.2, 0.25) is 5.91 Å². The molecule has 47 heavy (non-hydrogen) atoms. The molecule has 2 aromatic heterocycles. The summed E-state index contributed by atoms with van der Waals surface area (Å²) in [6.45, 7) is 3.40. The van der Waals surface area contributed by atoms with Gasteiger partial charge in [0.25, 0.3) is 0 Å². The molecular formula is C34H54N7O5P. The molecule has 0 aliphatic carbocycles. The maximum atomic E-state index is 13.1. The highest BCUT2D eigenvalue weighted by atomic mass is 31.2. The Morgan fingerprint density at radius 3 is 2.23 bits per heavy atom. The quantitative estimate of drug-likeness (QED) is 0.0789. The first-order valence-corrected chi connectivity index (χ1v) is 19.2. The average molecular weight is 672 g/mol. The molecular weight excluding hydrogens is 617 g/mol. The van der Waals surface area contributed by atoms with E-state index in [1.165, 1.54) is 83.4 Å². The number of hydrogen-bond acceptors (Lipinski definition) is 10. The molecule has 13 heteroatoms. The van der Waals surface area contributed by atoms with Gasteiger partial charge < -0.3 is 30.6 Å². The van der Waals surface area contributed by atoms with E-state index in [1.54, 1.807) is 23.0 Å². The summed E-state index contributed by atoms with van der Waals surface area (Å²) in [7, 11) is -3.49. The Balaban J connectivity index is 1.04. The van der Waals surface area contributed by atoms with Crippen LogP contribution in [0.3, 0.4) is 0 Å². The van der Waals surface area contributed by atoms with E-state index >= 15 is 0 Å². The van der Waals surface area contributed by atoms with Crippen molar-refractivity contribution in [3.05, 3.63) is 42.5 Å². The van der Waals surface area contributed by atoms with E-state index in [2.05, 4.69) is 27.2 Å². The highest BCUT2D eigenvalue weighted by molar-refractivity contribution is 7.54. The molecule has 1 saturated heterocycles. The first-order chi connectivity index (χ1) is 22.9. The minimum atomic E-state index is -3.49. The van der Waals surface area contributed by atoms with Crippen LogP contribution in [0.15, 0.2) is 36.9 Å². The SMILES string of the molecule is CCCCCCCCCCCCCCCCNC(=O)[C@@H](N)Cc1ccc(OP2(=O)CO[C@@H](Cn3cnc4c(N)ncnc43)CO2)cc1. The number of benzene rings is 1. The number of anilines is 1. The van der Waals surface area contributed by atoms with Crippen molar-refractivity contribution in [2.45, 2.75) is 122 Å². The number of fused-ring (bicyclic) bond motifs is 1. The predicted molar refractivity (Wildman–Crippen MR) is 185 cm³/mol. The number of unbranched alkanes of at least 4 members (excludes halogenated alkanes) is 13. The summed E-state index contributed by atoms with van der Waals surface area (Å²) >= 11 is 0. The summed E-state index contributed by atoms with van der Waals surface area (Å²) in [5, 5.41) is 2.97. The zero-order valence-corrected chi connectivity index (χ0v) is 28.9.